The van der Waals surface area contributed by atoms with E-state index in [2.05, 4.69) is 10.3 Å². The predicted octanol–water partition coefficient (Wildman–Crippen LogP) is 3.11. The summed E-state index contributed by atoms with van der Waals surface area (Å²) in [6.07, 6.45) is 2.64. The first-order valence-corrected chi connectivity index (χ1v) is 6.68. The molecule has 0 spiro atoms. The lowest BCUT2D eigenvalue weighted by molar-refractivity contribution is -0.384. The van der Waals surface area contributed by atoms with Gasteiger partial charge < -0.3 is 4.57 Å². The fraction of sp³-hybridized carbons (Fsp3) is 0.231. The third-order valence-electron chi connectivity index (χ3n) is 2.80. The van der Waals surface area contributed by atoms with Crippen molar-refractivity contribution in [1.82, 2.24) is 9.55 Å². The monoisotopic (exact) mass is 308 g/mol. The molecule has 2 aromatic heterocycles. The lowest BCUT2D eigenvalue weighted by Gasteiger charge is -2.08. The number of nitrogens with zero attached hydrogens (tertiary/aromatic N) is 3. The van der Waals surface area contributed by atoms with E-state index in [4.69, 9.17) is 11.6 Å². The first kappa shape index (κ1) is 15.0. The molecule has 0 atom stereocenters. The van der Waals surface area contributed by atoms with Gasteiger partial charge in [-0.1, -0.05) is 18.5 Å². The molecule has 2 heterocycles. The molecule has 110 valence electrons. The van der Waals surface area contributed by atoms with Crippen molar-refractivity contribution in [3.8, 4) is 0 Å². The second-order valence-corrected chi connectivity index (χ2v) is 4.69. The molecule has 0 saturated carbocycles. The van der Waals surface area contributed by atoms with Gasteiger partial charge in [0.2, 0.25) is 5.82 Å². The summed E-state index contributed by atoms with van der Waals surface area (Å²) in [5, 5.41) is 13.4. The SMILES string of the molecule is CCCn1cccc1C(=O)Nc1nc(Cl)ccc1[N+](=O)[O-]. The average Bonchev–Trinajstić information content (AvgIpc) is 2.87. The van der Waals surface area contributed by atoms with E-state index in [-0.39, 0.29) is 16.7 Å². The van der Waals surface area contributed by atoms with E-state index >= 15 is 0 Å². The molecule has 0 unspecified atom stereocenters. The van der Waals surface area contributed by atoms with E-state index in [9.17, 15) is 14.9 Å². The second-order valence-electron chi connectivity index (χ2n) is 4.30. The first-order chi connectivity index (χ1) is 10.0. The van der Waals surface area contributed by atoms with Gasteiger partial charge in [-0.2, -0.15) is 0 Å². The van der Waals surface area contributed by atoms with Crippen LogP contribution < -0.4 is 5.32 Å². The number of carbonyl (C=O) groups excluding carboxylic acids is 1. The second kappa shape index (κ2) is 6.36. The normalized spacial score (nSPS) is 10.4. The lowest BCUT2D eigenvalue weighted by atomic mass is 10.3. The van der Waals surface area contributed by atoms with Gasteiger partial charge in [0.1, 0.15) is 10.8 Å². The molecule has 2 rings (SSSR count). The Bertz CT molecular complexity index is 684. The fourth-order valence-electron chi connectivity index (χ4n) is 1.89. The van der Waals surface area contributed by atoms with Crippen LogP contribution in [0.1, 0.15) is 23.8 Å². The molecule has 1 amide bonds. The molecule has 0 aromatic carbocycles. The van der Waals surface area contributed by atoms with Gasteiger partial charge in [0.05, 0.1) is 4.92 Å². The minimum atomic E-state index is -0.621. The molecule has 2 aromatic rings. The molecule has 0 aliphatic heterocycles. The maximum Gasteiger partial charge on any atom is 0.311 e. The summed E-state index contributed by atoms with van der Waals surface area (Å²) in [5.41, 5.74) is 0.106. The number of amides is 1. The van der Waals surface area contributed by atoms with Crippen LogP contribution in [-0.4, -0.2) is 20.4 Å². The van der Waals surface area contributed by atoms with Crippen LogP contribution in [0.2, 0.25) is 5.15 Å². The molecule has 0 aliphatic carbocycles. The molecular weight excluding hydrogens is 296 g/mol. The molecule has 1 N–H and O–H groups in total. The summed E-state index contributed by atoms with van der Waals surface area (Å²) in [7, 11) is 0. The van der Waals surface area contributed by atoms with E-state index in [0.717, 1.165) is 6.42 Å². The molecule has 0 saturated heterocycles. The average molecular weight is 309 g/mol. The highest BCUT2D eigenvalue weighted by atomic mass is 35.5. The topological polar surface area (TPSA) is 90.1 Å². The summed E-state index contributed by atoms with van der Waals surface area (Å²) in [6, 6.07) is 5.89. The number of rotatable bonds is 5. The molecule has 21 heavy (non-hydrogen) atoms. The number of hydrogen-bond donors (Lipinski definition) is 1. The van der Waals surface area contributed by atoms with Crippen LogP contribution in [0, 0.1) is 10.1 Å². The number of carbonyl (C=O) groups is 1. The van der Waals surface area contributed by atoms with Crippen molar-refractivity contribution in [3.63, 3.8) is 0 Å². The largest absolute Gasteiger partial charge is 0.344 e. The van der Waals surface area contributed by atoms with Gasteiger partial charge in [0.25, 0.3) is 5.91 Å². The standard InChI is InChI=1S/C13H13ClN4O3/c1-2-7-17-8-3-4-10(17)13(19)16-12-9(18(20)21)5-6-11(14)15-12/h3-6,8H,2,7H2,1H3,(H,15,16,19). The van der Waals surface area contributed by atoms with E-state index in [0.29, 0.717) is 12.2 Å². The minimum Gasteiger partial charge on any atom is -0.344 e. The number of halogens is 1. The number of hydrogen-bond acceptors (Lipinski definition) is 4. The lowest BCUT2D eigenvalue weighted by Crippen LogP contribution is -2.18. The highest BCUT2D eigenvalue weighted by Crippen LogP contribution is 2.24. The maximum atomic E-state index is 12.2. The van der Waals surface area contributed by atoms with Crippen molar-refractivity contribution in [1.29, 1.82) is 0 Å². The quantitative estimate of drug-likeness (QED) is 0.522. The van der Waals surface area contributed by atoms with E-state index in [1.165, 1.54) is 12.1 Å². The molecule has 0 radical (unpaired) electrons. The van der Waals surface area contributed by atoms with Crippen LogP contribution in [0.25, 0.3) is 0 Å². The Morgan fingerprint density at radius 2 is 2.24 bits per heavy atom. The van der Waals surface area contributed by atoms with Crippen molar-refractivity contribution in [2.24, 2.45) is 0 Å². The zero-order chi connectivity index (χ0) is 15.4. The summed E-state index contributed by atoms with van der Waals surface area (Å²) < 4.78 is 1.77. The van der Waals surface area contributed by atoms with Crippen LogP contribution in [0.5, 0.6) is 0 Å². The van der Waals surface area contributed by atoms with Crippen LogP contribution >= 0.6 is 11.6 Å². The Morgan fingerprint density at radius 3 is 2.90 bits per heavy atom. The van der Waals surface area contributed by atoms with E-state index in [1.54, 1.807) is 22.9 Å². The summed E-state index contributed by atoms with van der Waals surface area (Å²) in [6.45, 7) is 2.67. The van der Waals surface area contributed by atoms with Gasteiger partial charge in [-0.3, -0.25) is 20.2 Å². The predicted molar refractivity (Wildman–Crippen MR) is 78.6 cm³/mol. The van der Waals surface area contributed by atoms with Gasteiger partial charge in [0, 0.05) is 18.8 Å². The fourth-order valence-corrected chi connectivity index (χ4v) is 2.04. The summed E-state index contributed by atoms with van der Waals surface area (Å²) in [5.74, 6) is -0.631. The molecule has 0 aliphatic rings. The van der Waals surface area contributed by atoms with Crippen LogP contribution in [-0.2, 0) is 6.54 Å². The van der Waals surface area contributed by atoms with Crippen molar-refractivity contribution in [2.75, 3.05) is 5.32 Å². The summed E-state index contributed by atoms with van der Waals surface area (Å²) in [4.78, 5) is 26.3. The number of nitro groups is 1. The number of anilines is 1. The van der Waals surface area contributed by atoms with Gasteiger partial charge >= 0.3 is 5.69 Å². The smallest absolute Gasteiger partial charge is 0.311 e. The van der Waals surface area contributed by atoms with Crippen molar-refractivity contribution < 1.29 is 9.72 Å². The van der Waals surface area contributed by atoms with Gasteiger partial charge in [-0.15, -0.1) is 0 Å². The summed E-state index contributed by atoms with van der Waals surface area (Å²) >= 11 is 5.72. The van der Waals surface area contributed by atoms with Gasteiger partial charge in [-0.05, 0) is 24.6 Å². The van der Waals surface area contributed by atoms with Gasteiger partial charge in [0.15, 0.2) is 0 Å². The number of pyridine rings is 1. The number of nitrogens with one attached hydrogen (secondary N) is 1. The number of aryl methyl sites for hydroxylation is 1. The highest BCUT2D eigenvalue weighted by molar-refractivity contribution is 6.29. The molecule has 0 bridgehead atoms. The molecule has 7 nitrogen and oxygen atoms in total. The first-order valence-electron chi connectivity index (χ1n) is 6.30. The van der Waals surface area contributed by atoms with Crippen molar-refractivity contribution in [2.45, 2.75) is 19.9 Å². The Morgan fingerprint density at radius 1 is 1.48 bits per heavy atom. The Labute approximate surface area is 125 Å². The highest BCUT2D eigenvalue weighted by Gasteiger charge is 2.20. The van der Waals surface area contributed by atoms with E-state index < -0.39 is 10.8 Å². The third-order valence-corrected chi connectivity index (χ3v) is 3.01. The minimum absolute atomic E-state index is 0.0693. The zero-order valence-electron chi connectivity index (χ0n) is 11.2. The Hall–Kier alpha value is -2.41. The van der Waals surface area contributed by atoms with Crippen LogP contribution in [0.4, 0.5) is 11.5 Å². The van der Waals surface area contributed by atoms with Crippen molar-refractivity contribution in [3.05, 3.63) is 51.4 Å². The van der Waals surface area contributed by atoms with Crippen LogP contribution in [0.3, 0.4) is 0 Å². The van der Waals surface area contributed by atoms with E-state index in [1.807, 2.05) is 6.92 Å². The van der Waals surface area contributed by atoms with Gasteiger partial charge in [-0.25, -0.2) is 4.98 Å². The van der Waals surface area contributed by atoms with Crippen molar-refractivity contribution >= 4 is 29.0 Å². The molecule has 0 fully saturated rings. The zero-order valence-corrected chi connectivity index (χ0v) is 12.0. The molecular formula is C13H13ClN4O3. The third kappa shape index (κ3) is 3.38. The Balaban J connectivity index is 2.29. The maximum absolute atomic E-state index is 12.2. The Kier molecular flexibility index (Phi) is 4.54. The molecule has 8 heteroatoms. The van der Waals surface area contributed by atoms with Crippen LogP contribution in [0.15, 0.2) is 30.5 Å². The number of aromatic nitrogens is 2.